The van der Waals surface area contributed by atoms with Crippen molar-refractivity contribution >= 4 is 23.4 Å². The van der Waals surface area contributed by atoms with Gasteiger partial charge in [0.1, 0.15) is 0 Å². The molecule has 1 aliphatic heterocycles. The molecular formula is C20H24ClFN2O2. The summed E-state index contributed by atoms with van der Waals surface area (Å²) in [6.07, 6.45) is 4.39. The quantitative estimate of drug-likeness (QED) is 0.839. The zero-order valence-corrected chi connectivity index (χ0v) is 15.4. The van der Waals surface area contributed by atoms with Gasteiger partial charge in [-0.3, -0.25) is 9.59 Å². The van der Waals surface area contributed by atoms with E-state index in [-0.39, 0.29) is 24.3 Å². The zero-order chi connectivity index (χ0) is 18.3. The van der Waals surface area contributed by atoms with Crippen LogP contribution in [0.3, 0.4) is 0 Å². The van der Waals surface area contributed by atoms with E-state index in [1.54, 1.807) is 0 Å². The fourth-order valence-corrected chi connectivity index (χ4v) is 5.10. The molecule has 2 saturated carbocycles. The molecule has 4 nitrogen and oxygen atoms in total. The van der Waals surface area contributed by atoms with Crippen molar-refractivity contribution < 1.29 is 14.0 Å². The number of hydrogen-bond acceptors (Lipinski definition) is 2. The summed E-state index contributed by atoms with van der Waals surface area (Å²) in [6, 6.07) is 7.66. The third-order valence-corrected chi connectivity index (χ3v) is 6.50. The van der Waals surface area contributed by atoms with Crippen molar-refractivity contribution in [1.29, 1.82) is 0 Å². The van der Waals surface area contributed by atoms with E-state index in [1.807, 2.05) is 24.3 Å². The summed E-state index contributed by atoms with van der Waals surface area (Å²) < 4.78 is 13.5. The SMILES string of the molecule is O=C1NC2(CC1F)CC(C(=O)N[C@H](c1cccc(Cl)c1)C1CCCC1)C2. The number of rotatable bonds is 4. The van der Waals surface area contributed by atoms with Gasteiger partial charge >= 0.3 is 0 Å². The van der Waals surface area contributed by atoms with Crippen LogP contribution >= 0.6 is 11.6 Å². The average molecular weight is 379 g/mol. The molecule has 1 aromatic carbocycles. The van der Waals surface area contributed by atoms with E-state index in [1.165, 1.54) is 12.8 Å². The summed E-state index contributed by atoms with van der Waals surface area (Å²) in [5, 5.41) is 6.64. The predicted molar refractivity (Wildman–Crippen MR) is 97.4 cm³/mol. The molecule has 2 amide bonds. The summed E-state index contributed by atoms with van der Waals surface area (Å²) in [5.41, 5.74) is 0.544. The van der Waals surface area contributed by atoms with Gasteiger partial charge in [0.15, 0.2) is 6.17 Å². The van der Waals surface area contributed by atoms with Gasteiger partial charge in [-0.15, -0.1) is 0 Å². The number of hydrogen-bond donors (Lipinski definition) is 2. The van der Waals surface area contributed by atoms with Crippen LogP contribution in [0.4, 0.5) is 4.39 Å². The normalized spacial score (nSPS) is 32.3. The van der Waals surface area contributed by atoms with Crippen molar-refractivity contribution in [3.05, 3.63) is 34.9 Å². The van der Waals surface area contributed by atoms with Crippen LogP contribution in [0.2, 0.25) is 5.02 Å². The van der Waals surface area contributed by atoms with E-state index in [0.29, 0.717) is 23.8 Å². The van der Waals surface area contributed by atoms with Crippen molar-refractivity contribution in [2.75, 3.05) is 0 Å². The second kappa shape index (κ2) is 6.84. The monoisotopic (exact) mass is 378 g/mol. The first-order valence-corrected chi connectivity index (χ1v) is 9.85. The van der Waals surface area contributed by atoms with Gasteiger partial charge in [-0.25, -0.2) is 4.39 Å². The van der Waals surface area contributed by atoms with E-state index in [4.69, 9.17) is 11.6 Å². The Morgan fingerprint density at radius 3 is 2.62 bits per heavy atom. The van der Waals surface area contributed by atoms with Gasteiger partial charge in [-0.05, 0) is 49.3 Å². The molecule has 0 bridgehead atoms. The molecule has 0 radical (unpaired) electrons. The molecule has 6 heteroatoms. The minimum atomic E-state index is -1.43. The fourth-order valence-electron chi connectivity index (χ4n) is 4.90. The Labute approximate surface area is 157 Å². The van der Waals surface area contributed by atoms with Crippen molar-refractivity contribution in [2.45, 2.75) is 62.7 Å². The number of halogens is 2. The van der Waals surface area contributed by atoms with Gasteiger partial charge < -0.3 is 10.6 Å². The number of amides is 2. The van der Waals surface area contributed by atoms with E-state index in [2.05, 4.69) is 10.6 Å². The maximum atomic E-state index is 13.5. The van der Waals surface area contributed by atoms with Crippen LogP contribution in [0.15, 0.2) is 24.3 Å². The summed E-state index contributed by atoms with van der Waals surface area (Å²) in [6.45, 7) is 0. The number of carbonyl (C=O) groups is 2. The zero-order valence-electron chi connectivity index (χ0n) is 14.6. The van der Waals surface area contributed by atoms with Crippen molar-refractivity contribution in [3.63, 3.8) is 0 Å². The molecule has 2 aliphatic carbocycles. The topological polar surface area (TPSA) is 58.2 Å². The number of benzene rings is 1. The molecule has 1 saturated heterocycles. The second-order valence-corrected chi connectivity index (χ2v) is 8.57. The highest BCUT2D eigenvalue weighted by molar-refractivity contribution is 6.30. The molecular weight excluding hydrogens is 355 g/mol. The molecule has 1 heterocycles. The van der Waals surface area contributed by atoms with Crippen LogP contribution in [-0.4, -0.2) is 23.5 Å². The van der Waals surface area contributed by atoms with E-state index in [9.17, 15) is 14.0 Å². The number of alkyl halides is 1. The maximum Gasteiger partial charge on any atom is 0.255 e. The Bertz CT molecular complexity index is 714. The first kappa shape index (κ1) is 17.8. The van der Waals surface area contributed by atoms with Gasteiger partial charge in [0.2, 0.25) is 5.91 Å². The van der Waals surface area contributed by atoms with Crippen molar-refractivity contribution in [3.8, 4) is 0 Å². The van der Waals surface area contributed by atoms with Crippen LogP contribution in [0, 0.1) is 11.8 Å². The van der Waals surface area contributed by atoms with Crippen LogP contribution in [0.1, 0.15) is 56.6 Å². The summed E-state index contributed by atoms with van der Waals surface area (Å²) in [5.74, 6) is -0.271. The molecule has 1 unspecified atom stereocenters. The molecule has 4 rings (SSSR count). The maximum absolute atomic E-state index is 13.5. The lowest BCUT2D eigenvalue weighted by Gasteiger charge is -2.44. The molecule has 140 valence electrons. The highest BCUT2D eigenvalue weighted by atomic mass is 35.5. The summed E-state index contributed by atoms with van der Waals surface area (Å²) in [4.78, 5) is 24.2. The fraction of sp³-hybridized carbons (Fsp3) is 0.600. The second-order valence-electron chi connectivity index (χ2n) is 8.13. The van der Waals surface area contributed by atoms with E-state index < -0.39 is 17.6 Å². The smallest absolute Gasteiger partial charge is 0.255 e. The number of carbonyl (C=O) groups excluding carboxylic acids is 2. The van der Waals surface area contributed by atoms with E-state index in [0.717, 1.165) is 18.4 Å². The Morgan fingerprint density at radius 2 is 2.00 bits per heavy atom. The van der Waals surface area contributed by atoms with Gasteiger partial charge in [-0.1, -0.05) is 36.6 Å². The predicted octanol–water partition coefficient (Wildman–Crippen LogP) is 3.69. The lowest BCUT2D eigenvalue weighted by Crippen LogP contribution is -2.56. The third kappa shape index (κ3) is 3.34. The lowest BCUT2D eigenvalue weighted by molar-refractivity contribution is -0.132. The average Bonchev–Trinajstić information content (AvgIpc) is 3.20. The molecule has 1 spiro atoms. The first-order valence-electron chi connectivity index (χ1n) is 9.48. The van der Waals surface area contributed by atoms with Gasteiger partial charge in [0.25, 0.3) is 5.91 Å². The Morgan fingerprint density at radius 1 is 1.27 bits per heavy atom. The van der Waals surface area contributed by atoms with Crippen molar-refractivity contribution in [1.82, 2.24) is 10.6 Å². The highest BCUT2D eigenvalue weighted by Crippen LogP contribution is 2.45. The summed E-state index contributed by atoms with van der Waals surface area (Å²) >= 11 is 6.15. The Balaban J connectivity index is 1.43. The summed E-state index contributed by atoms with van der Waals surface area (Å²) in [7, 11) is 0. The minimum absolute atomic E-state index is 0.00376. The molecule has 1 aromatic rings. The van der Waals surface area contributed by atoms with Gasteiger partial charge in [0, 0.05) is 22.9 Å². The molecule has 3 fully saturated rings. The van der Waals surface area contributed by atoms with Crippen LogP contribution in [0.25, 0.3) is 0 Å². The molecule has 0 aromatic heterocycles. The Hall–Kier alpha value is -1.62. The van der Waals surface area contributed by atoms with Gasteiger partial charge in [0.05, 0.1) is 6.04 Å². The standard InChI is InChI=1S/C20H24ClFN2O2/c21-15-7-3-6-13(8-15)17(12-4-1-2-5-12)23-18(25)14-9-20(10-14)11-16(22)19(26)24-20/h3,6-8,12,14,16-17H,1-2,4-5,9-11H2,(H,23,25)(H,24,26)/t14?,16?,17-,20?/m0/s1. The lowest BCUT2D eigenvalue weighted by atomic mass is 9.67. The largest absolute Gasteiger partial charge is 0.349 e. The van der Waals surface area contributed by atoms with Crippen LogP contribution < -0.4 is 10.6 Å². The number of nitrogens with one attached hydrogen (secondary N) is 2. The van der Waals surface area contributed by atoms with Crippen LogP contribution in [-0.2, 0) is 9.59 Å². The molecule has 2 N–H and O–H groups in total. The molecule has 2 atom stereocenters. The van der Waals surface area contributed by atoms with Crippen molar-refractivity contribution in [2.24, 2.45) is 11.8 Å². The highest BCUT2D eigenvalue weighted by Gasteiger charge is 2.54. The molecule has 26 heavy (non-hydrogen) atoms. The first-order chi connectivity index (χ1) is 12.5. The Kier molecular flexibility index (Phi) is 4.68. The van der Waals surface area contributed by atoms with Crippen LogP contribution in [0.5, 0.6) is 0 Å². The van der Waals surface area contributed by atoms with E-state index >= 15 is 0 Å². The molecule has 3 aliphatic rings. The van der Waals surface area contributed by atoms with Gasteiger partial charge in [-0.2, -0.15) is 0 Å². The minimum Gasteiger partial charge on any atom is -0.349 e. The third-order valence-electron chi connectivity index (χ3n) is 6.26.